The molecule has 3 rings (SSSR count). The number of rotatable bonds is 3. The van der Waals surface area contributed by atoms with Gasteiger partial charge in [0.1, 0.15) is 0 Å². The number of hydrogen-bond donors (Lipinski definition) is 0. The van der Waals surface area contributed by atoms with Crippen molar-refractivity contribution in [3.8, 4) is 0 Å². The Kier molecular flexibility index (Phi) is 5.05. The Hall–Kier alpha value is -1.46. The van der Waals surface area contributed by atoms with E-state index < -0.39 is 0 Å². The lowest BCUT2D eigenvalue weighted by molar-refractivity contribution is 0.257. The maximum Gasteiger partial charge on any atom is 0.225 e. The van der Waals surface area contributed by atoms with Gasteiger partial charge in [-0.2, -0.15) is 0 Å². The summed E-state index contributed by atoms with van der Waals surface area (Å²) in [6, 6.07) is 10.7. The van der Waals surface area contributed by atoms with Gasteiger partial charge in [0.2, 0.25) is 5.95 Å². The maximum absolute atomic E-state index is 4.44. The zero-order chi connectivity index (χ0) is 15.4. The van der Waals surface area contributed by atoms with Crippen molar-refractivity contribution in [3.05, 3.63) is 52.8 Å². The molecule has 1 aromatic carbocycles. The molecule has 2 aromatic rings. The third-order valence-corrected chi connectivity index (χ3v) is 4.34. The molecule has 0 amide bonds. The molecule has 1 unspecified atom stereocenters. The van der Waals surface area contributed by atoms with Gasteiger partial charge in [-0.05, 0) is 27.4 Å². The lowest BCUT2D eigenvalue weighted by Gasteiger charge is -2.21. The van der Waals surface area contributed by atoms with Crippen LogP contribution >= 0.6 is 15.9 Å². The monoisotopic (exact) mass is 360 g/mol. The molecule has 1 fully saturated rings. The number of halogens is 1. The van der Waals surface area contributed by atoms with Crippen LogP contribution in [0, 0.1) is 5.92 Å². The summed E-state index contributed by atoms with van der Waals surface area (Å²) in [5.74, 6) is 1.43. The zero-order valence-corrected chi connectivity index (χ0v) is 14.4. The average molecular weight is 361 g/mol. The number of anilines is 1. The topological polar surface area (TPSA) is 32.3 Å². The summed E-state index contributed by atoms with van der Waals surface area (Å²) in [4.78, 5) is 13.7. The van der Waals surface area contributed by atoms with Crippen LogP contribution in [0.15, 0.2) is 47.2 Å². The van der Waals surface area contributed by atoms with E-state index in [0.717, 1.165) is 43.1 Å². The van der Waals surface area contributed by atoms with Crippen molar-refractivity contribution in [3.63, 3.8) is 0 Å². The molecule has 0 N–H and O–H groups in total. The van der Waals surface area contributed by atoms with E-state index in [2.05, 4.69) is 73.0 Å². The maximum atomic E-state index is 4.44. The minimum atomic E-state index is 0.596. The van der Waals surface area contributed by atoms with Crippen LogP contribution in [0.25, 0.3) is 0 Å². The Balaban J connectivity index is 1.66. The molecule has 1 aliphatic rings. The Morgan fingerprint density at radius 3 is 2.55 bits per heavy atom. The highest BCUT2D eigenvalue weighted by molar-refractivity contribution is 9.10. The van der Waals surface area contributed by atoms with E-state index in [-0.39, 0.29) is 0 Å². The minimum absolute atomic E-state index is 0.596. The molecule has 22 heavy (non-hydrogen) atoms. The Morgan fingerprint density at radius 2 is 1.82 bits per heavy atom. The smallest absolute Gasteiger partial charge is 0.225 e. The average Bonchev–Trinajstić information content (AvgIpc) is 2.70. The van der Waals surface area contributed by atoms with Crippen LogP contribution in [0.4, 0.5) is 5.95 Å². The summed E-state index contributed by atoms with van der Waals surface area (Å²) in [6.07, 6.45) is 3.64. The number of benzene rings is 1. The first-order chi connectivity index (χ1) is 10.7. The van der Waals surface area contributed by atoms with E-state index in [0.29, 0.717) is 5.92 Å². The Morgan fingerprint density at radius 1 is 1.09 bits per heavy atom. The van der Waals surface area contributed by atoms with Crippen LogP contribution in [0.2, 0.25) is 0 Å². The normalized spacial score (nSPS) is 19.9. The molecule has 0 radical (unpaired) electrons. The second-order valence-corrected chi connectivity index (χ2v) is 6.89. The highest BCUT2D eigenvalue weighted by Gasteiger charge is 2.21. The van der Waals surface area contributed by atoms with Gasteiger partial charge >= 0.3 is 0 Å². The fourth-order valence-corrected chi connectivity index (χ4v) is 3.16. The Labute approximate surface area is 140 Å². The van der Waals surface area contributed by atoms with Crippen LogP contribution in [0.3, 0.4) is 0 Å². The standard InChI is InChI=1S/C17H21BrN4/c1-14-11-21(13-15-5-3-2-4-6-15)7-8-22(12-14)17-19-9-16(18)10-20-17/h2-6,9-10,14H,7-8,11-13H2,1H3. The van der Waals surface area contributed by atoms with Crippen molar-refractivity contribution in [2.75, 3.05) is 31.1 Å². The van der Waals surface area contributed by atoms with Gasteiger partial charge in [-0.1, -0.05) is 37.3 Å². The first kappa shape index (κ1) is 15.4. The number of aromatic nitrogens is 2. The van der Waals surface area contributed by atoms with Crippen LogP contribution in [0.1, 0.15) is 12.5 Å². The van der Waals surface area contributed by atoms with E-state index in [4.69, 9.17) is 0 Å². The van der Waals surface area contributed by atoms with Gasteiger partial charge in [-0.25, -0.2) is 9.97 Å². The summed E-state index contributed by atoms with van der Waals surface area (Å²) in [5.41, 5.74) is 1.38. The molecule has 5 heteroatoms. The fraction of sp³-hybridized carbons (Fsp3) is 0.412. The van der Waals surface area contributed by atoms with Crippen molar-refractivity contribution in [1.82, 2.24) is 14.9 Å². The highest BCUT2D eigenvalue weighted by atomic mass is 79.9. The lowest BCUT2D eigenvalue weighted by Crippen LogP contribution is -2.31. The lowest BCUT2D eigenvalue weighted by atomic mass is 10.1. The van der Waals surface area contributed by atoms with E-state index in [1.54, 1.807) is 0 Å². The number of nitrogens with zero attached hydrogens (tertiary/aromatic N) is 4. The van der Waals surface area contributed by atoms with E-state index in [9.17, 15) is 0 Å². The molecule has 1 aliphatic heterocycles. The Bertz CT molecular complexity index is 587. The summed E-state index contributed by atoms with van der Waals surface area (Å²) < 4.78 is 0.921. The summed E-state index contributed by atoms with van der Waals surface area (Å²) in [7, 11) is 0. The molecule has 1 aromatic heterocycles. The molecule has 2 heterocycles. The van der Waals surface area contributed by atoms with Crippen molar-refractivity contribution in [1.29, 1.82) is 0 Å². The largest absolute Gasteiger partial charge is 0.339 e. The van der Waals surface area contributed by atoms with E-state index >= 15 is 0 Å². The molecule has 0 aliphatic carbocycles. The zero-order valence-electron chi connectivity index (χ0n) is 12.8. The van der Waals surface area contributed by atoms with Gasteiger partial charge in [0.05, 0.1) is 4.47 Å². The predicted molar refractivity (Wildman–Crippen MR) is 92.8 cm³/mol. The fourth-order valence-electron chi connectivity index (χ4n) is 2.96. The van der Waals surface area contributed by atoms with Gasteiger partial charge in [0, 0.05) is 45.1 Å². The second-order valence-electron chi connectivity index (χ2n) is 5.97. The van der Waals surface area contributed by atoms with Gasteiger partial charge in [-0.15, -0.1) is 0 Å². The molecule has 4 nitrogen and oxygen atoms in total. The van der Waals surface area contributed by atoms with Crippen LogP contribution in [-0.2, 0) is 6.54 Å². The van der Waals surface area contributed by atoms with Crippen molar-refractivity contribution < 1.29 is 0 Å². The van der Waals surface area contributed by atoms with E-state index in [1.807, 2.05) is 12.4 Å². The van der Waals surface area contributed by atoms with Gasteiger partial charge < -0.3 is 4.90 Å². The van der Waals surface area contributed by atoms with Crippen molar-refractivity contribution in [2.24, 2.45) is 5.92 Å². The summed E-state index contributed by atoms with van der Waals surface area (Å²) in [5, 5.41) is 0. The van der Waals surface area contributed by atoms with Gasteiger partial charge in [-0.3, -0.25) is 4.90 Å². The van der Waals surface area contributed by atoms with E-state index in [1.165, 1.54) is 5.56 Å². The summed E-state index contributed by atoms with van der Waals surface area (Å²) >= 11 is 3.39. The molecule has 0 bridgehead atoms. The second kappa shape index (κ2) is 7.20. The SMILES string of the molecule is CC1CN(Cc2ccccc2)CCN(c2ncc(Br)cn2)C1. The van der Waals surface area contributed by atoms with Crippen molar-refractivity contribution >= 4 is 21.9 Å². The third kappa shape index (κ3) is 4.05. The third-order valence-electron chi connectivity index (χ3n) is 3.93. The molecule has 1 saturated heterocycles. The quantitative estimate of drug-likeness (QED) is 0.841. The molecule has 0 saturated carbocycles. The first-order valence-electron chi connectivity index (χ1n) is 7.69. The van der Waals surface area contributed by atoms with Crippen LogP contribution in [0.5, 0.6) is 0 Å². The van der Waals surface area contributed by atoms with Crippen LogP contribution in [-0.4, -0.2) is 41.0 Å². The van der Waals surface area contributed by atoms with Crippen molar-refractivity contribution in [2.45, 2.75) is 13.5 Å². The van der Waals surface area contributed by atoms with Gasteiger partial charge in [0.15, 0.2) is 0 Å². The van der Waals surface area contributed by atoms with Gasteiger partial charge in [0.25, 0.3) is 0 Å². The first-order valence-corrected chi connectivity index (χ1v) is 8.49. The summed E-state index contributed by atoms with van der Waals surface area (Å²) in [6.45, 7) is 7.45. The van der Waals surface area contributed by atoms with Crippen LogP contribution < -0.4 is 4.90 Å². The molecular formula is C17H21BrN4. The molecular weight excluding hydrogens is 340 g/mol. The minimum Gasteiger partial charge on any atom is -0.339 e. The molecule has 1 atom stereocenters. The molecule has 116 valence electrons. The number of hydrogen-bond acceptors (Lipinski definition) is 4. The predicted octanol–water partition coefficient (Wildman–Crippen LogP) is 3.20. The molecule has 0 spiro atoms. The highest BCUT2D eigenvalue weighted by Crippen LogP contribution is 2.17.